The quantitative estimate of drug-likeness (QED) is 0.435. The van der Waals surface area contributed by atoms with Crippen molar-refractivity contribution in [3.8, 4) is 0 Å². The summed E-state index contributed by atoms with van der Waals surface area (Å²) in [7, 11) is 0. The van der Waals surface area contributed by atoms with Gasteiger partial charge < -0.3 is 4.74 Å². The third kappa shape index (κ3) is 5.63. The molecule has 0 bridgehead atoms. The first kappa shape index (κ1) is 18.0. The average Bonchev–Trinajstić information content (AvgIpc) is 2.45. The summed E-state index contributed by atoms with van der Waals surface area (Å²) in [4.78, 5) is 12.2. The van der Waals surface area contributed by atoms with Crippen molar-refractivity contribution in [2.75, 3.05) is 0 Å². The van der Waals surface area contributed by atoms with Crippen LogP contribution in [0.2, 0.25) is 0 Å². The van der Waals surface area contributed by atoms with E-state index in [1.54, 1.807) is 6.08 Å². The van der Waals surface area contributed by atoms with Crippen molar-refractivity contribution >= 4 is 43.4 Å². The lowest BCUT2D eigenvalue weighted by atomic mass is 9.97. The van der Waals surface area contributed by atoms with E-state index in [2.05, 4.69) is 31.9 Å². The molecule has 120 valence electrons. The molecule has 2 rings (SSSR count). The molecule has 4 heteroatoms. The smallest absolute Gasteiger partial charge is 0.331 e. The second-order valence-corrected chi connectivity index (χ2v) is 7.94. The van der Waals surface area contributed by atoms with Crippen LogP contribution in [-0.2, 0) is 9.53 Å². The summed E-state index contributed by atoms with van der Waals surface area (Å²) in [5.74, 6) is -0.349. The Morgan fingerprint density at radius 1 is 0.870 bits per heavy atom. The van der Waals surface area contributed by atoms with Gasteiger partial charge in [-0.05, 0) is 61.7 Å². The van der Waals surface area contributed by atoms with Crippen LogP contribution >= 0.6 is 31.9 Å². The Morgan fingerprint density at radius 3 is 1.61 bits per heavy atom. The first-order valence-corrected chi connectivity index (χ1v) is 8.80. The zero-order chi connectivity index (χ0) is 17.0. The lowest BCUT2D eigenvalue weighted by Crippen LogP contribution is -2.22. The van der Waals surface area contributed by atoms with Crippen LogP contribution in [0.5, 0.6) is 0 Å². The van der Waals surface area contributed by atoms with E-state index in [9.17, 15) is 4.79 Å². The zero-order valence-electron chi connectivity index (χ0n) is 13.3. The number of carbonyl (C=O) groups excluding carboxylic acids is 1. The van der Waals surface area contributed by atoms with Gasteiger partial charge in [0.2, 0.25) is 0 Å². The number of halogens is 2. The molecular formula is C19H18Br2O2. The van der Waals surface area contributed by atoms with Crippen molar-refractivity contribution in [2.45, 2.75) is 26.4 Å². The summed E-state index contributed by atoms with van der Waals surface area (Å²) < 4.78 is 7.41. The monoisotopic (exact) mass is 436 g/mol. The minimum absolute atomic E-state index is 0.349. The Morgan fingerprint density at radius 2 is 1.26 bits per heavy atom. The van der Waals surface area contributed by atoms with Crippen molar-refractivity contribution in [3.63, 3.8) is 0 Å². The summed E-state index contributed by atoms with van der Waals surface area (Å²) in [6.45, 7) is 5.58. The Kier molecular flexibility index (Phi) is 5.82. The van der Waals surface area contributed by atoms with Crippen LogP contribution < -0.4 is 0 Å². The molecule has 0 radical (unpaired) electrons. The highest BCUT2D eigenvalue weighted by atomic mass is 79.9. The van der Waals surface area contributed by atoms with E-state index in [1.165, 1.54) is 0 Å². The lowest BCUT2D eigenvalue weighted by molar-refractivity contribution is -0.148. The average molecular weight is 438 g/mol. The first-order chi connectivity index (χ1) is 10.7. The van der Waals surface area contributed by atoms with Gasteiger partial charge in [-0.15, -0.1) is 0 Å². The highest BCUT2D eigenvalue weighted by Crippen LogP contribution is 2.26. The first-order valence-electron chi connectivity index (χ1n) is 7.21. The van der Waals surface area contributed by atoms with Gasteiger partial charge in [0.05, 0.1) is 0 Å². The maximum Gasteiger partial charge on any atom is 0.331 e. The number of hydrogen-bond acceptors (Lipinski definition) is 2. The van der Waals surface area contributed by atoms with E-state index in [0.29, 0.717) is 0 Å². The normalized spacial score (nSPS) is 11.0. The predicted octanol–water partition coefficient (Wildman–Crippen LogP) is 5.99. The van der Waals surface area contributed by atoms with Crippen molar-refractivity contribution in [3.05, 3.63) is 74.7 Å². The third-order valence-corrected chi connectivity index (χ3v) is 4.04. The molecule has 0 heterocycles. The maximum atomic E-state index is 12.2. The summed E-state index contributed by atoms with van der Waals surface area (Å²) >= 11 is 6.87. The van der Waals surface area contributed by atoms with Crippen LogP contribution in [-0.4, -0.2) is 11.6 Å². The van der Waals surface area contributed by atoms with Gasteiger partial charge in [-0.3, -0.25) is 0 Å². The Bertz CT molecular complexity index is 661. The fourth-order valence-electron chi connectivity index (χ4n) is 2.04. The van der Waals surface area contributed by atoms with Gasteiger partial charge >= 0.3 is 5.97 Å². The molecule has 23 heavy (non-hydrogen) atoms. The zero-order valence-corrected chi connectivity index (χ0v) is 16.4. The second kappa shape index (κ2) is 7.45. The van der Waals surface area contributed by atoms with Crippen LogP contribution in [0.25, 0.3) is 5.57 Å². The Hall–Kier alpha value is -1.39. The van der Waals surface area contributed by atoms with Gasteiger partial charge in [0.25, 0.3) is 0 Å². The van der Waals surface area contributed by atoms with Crippen LogP contribution in [0.4, 0.5) is 0 Å². The Balaban J connectivity index is 2.44. The molecule has 2 nitrogen and oxygen atoms in total. The Labute approximate surface area is 153 Å². The van der Waals surface area contributed by atoms with Crippen LogP contribution in [0.15, 0.2) is 63.6 Å². The van der Waals surface area contributed by atoms with Crippen LogP contribution in [0.1, 0.15) is 31.9 Å². The van der Waals surface area contributed by atoms with Crippen molar-refractivity contribution in [1.29, 1.82) is 0 Å². The minimum atomic E-state index is -0.516. The van der Waals surface area contributed by atoms with Gasteiger partial charge in [0, 0.05) is 15.0 Å². The molecular weight excluding hydrogens is 420 g/mol. The highest BCUT2D eigenvalue weighted by molar-refractivity contribution is 9.10. The van der Waals surface area contributed by atoms with Crippen LogP contribution in [0.3, 0.4) is 0 Å². The fourth-order valence-corrected chi connectivity index (χ4v) is 2.57. The molecule has 0 aliphatic carbocycles. The van der Waals surface area contributed by atoms with E-state index >= 15 is 0 Å². The van der Waals surface area contributed by atoms with E-state index < -0.39 is 5.60 Å². The largest absolute Gasteiger partial charge is 0.457 e. The molecule has 0 unspecified atom stereocenters. The fraction of sp³-hybridized carbons (Fsp3) is 0.211. The van der Waals surface area contributed by atoms with Crippen molar-refractivity contribution in [1.82, 2.24) is 0 Å². The lowest BCUT2D eigenvalue weighted by Gasteiger charge is -2.19. The standard InChI is InChI=1S/C19H18Br2O2/c1-19(2,3)23-18(22)12-17(13-4-8-15(20)9-5-13)14-6-10-16(21)11-7-14/h4-12H,1-3H3. The van der Waals surface area contributed by atoms with Gasteiger partial charge in [-0.25, -0.2) is 4.79 Å². The van der Waals surface area contributed by atoms with E-state index in [4.69, 9.17) is 4.74 Å². The van der Waals surface area contributed by atoms with Gasteiger partial charge in [-0.1, -0.05) is 56.1 Å². The molecule has 2 aromatic rings. The number of ether oxygens (including phenoxy) is 1. The van der Waals surface area contributed by atoms with Gasteiger partial charge in [0.1, 0.15) is 5.60 Å². The molecule has 0 fully saturated rings. The molecule has 0 atom stereocenters. The number of benzene rings is 2. The van der Waals surface area contributed by atoms with Gasteiger partial charge in [-0.2, -0.15) is 0 Å². The number of rotatable bonds is 3. The van der Waals surface area contributed by atoms with E-state index in [-0.39, 0.29) is 5.97 Å². The second-order valence-electron chi connectivity index (χ2n) is 6.11. The summed E-state index contributed by atoms with van der Waals surface area (Å²) in [5.41, 5.74) is 2.24. The molecule has 0 saturated heterocycles. The van der Waals surface area contributed by atoms with E-state index in [0.717, 1.165) is 25.6 Å². The summed E-state index contributed by atoms with van der Waals surface area (Å²) in [5, 5.41) is 0. The molecule has 0 aliphatic heterocycles. The predicted molar refractivity (Wildman–Crippen MR) is 101 cm³/mol. The molecule has 0 amide bonds. The number of carbonyl (C=O) groups is 1. The molecule has 0 spiro atoms. The molecule has 0 aromatic heterocycles. The topological polar surface area (TPSA) is 26.3 Å². The number of esters is 1. The molecule has 0 aliphatic rings. The molecule has 0 saturated carbocycles. The van der Waals surface area contributed by atoms with Crippen molar-refractivity contribution in [2.24, 2.45) is 0 Å². The third-order valence-electron chi connectivity index (χ3n) is 2.98. The van der Waals surface area contributed by atoms with E-state index in [1.807, 2.05) is 69.3 Å². The van der Waals surface area contributed by atoms with Crippen molar-refractivity contribution < 1.29 is 9.53 Å². The summed E-state index contributed by atoms with van der Waals surface area (Å²) in [6, 6.07) is 15.7. The molecule has 0 N–H and O–H groups in total. The maximum absolute atomic E-state index is 12.2. The number of hydrogen-bond donors (Lipinski definition) is 0. The van der Waals surface area contributed by atoms with Gasteiger partial charge in [0.15, 0.2) is 0 Å². The SMILES string of the molecule is CC(C)(C)OC(=O)C=C(c1ccc(Br)cc1)c1ccc(Br)cc1. The minimum Gasteiger partial charge on any atom is -0.457 e. The summed E-state index contributed by atoms with van der Waals surface area (Å²) in [6.07, 6.45) is 1.55. The molecule has 2 aromatic carbocycles. The highest BCUT2D eigenvalue weighted by Gasteiger charge is 2.16. The van der Waals surface area contributed by atoms with Crippen LogP contribution in [0, 0.1) is 0 Å².